The van der Waals surface area contributed by atoms with E-state index in [0.29, 0.717) is 40.4 Å². The van der Waals surface area contributed by atoms with E-state index in [1.165, 1.54) is 12.1 Å². The maximum Gasteiger partial charge on any atom is 0.190 e. The number of fused-ring (bicyclic) bond motifs is 1. The zero-order valence-electron chi connectivity index (χ0n) is 14.5. The van der Waals surface area contributed by atoms with Crippen molar-refractivity contribution in [3.05, 3.63) is 48.0 Å². The molecule has 26 heavy (non-hydrogen) atoms. The third-order valence-corrected chi connectivity index (χ3v) is 6.42. The van der Waals surface area contributed by atoms with Crippen molar-refractivity contribution in [1.29, 1.82) is 0 Å². The van der Waals surface area contributed by atoms with E-state index in [-0.39, 0.29) is 5.75 Å². The van der Waals surface area contributed by atoms with E-state index in [0.717, 1.165) is 19.5 Å². The lowest BCUT2D eigenvalue weighted by molar-refractivity contribution is 0.260. The zero-order valence-corrected chi connectivity index (χ0v) is 15.3. The number of nitrogens with one attached hydrogen (secondary N) is 1. The number of hydrogen-bond donors (Lipinski definition) is 1. The molecule has 1 aliphatic carbocycles. The van der Waals surface area contributed by atoms with Crippen molar-refractivity contribution in [3.8, 4) is 16.9 Å². The van der Waals surface area contributed by atoms with Crippen molar-refractivity contribution in [2.24, 2.45) is 17.8 Å². The summed E-state index contributed by atoms with van der Waals surface area (Å²) in [6, 6.07) is 9.42. The van der Waals surface area contributed by atoms with Gasteiger partial charge in [-0.05, 0) is 66.7 Å². The molecule has 1 saturated carbocycles. The Morgan fingerprint density at radius 2 is 1.81 bits per heavy atom. The van der Waals surface area contributed by atoms with Crippen LogP contribution < -0.4 is 10.1 Å². The fraction of sp³-hybridized carbons (Fsp3) is 0.400. The Balaban J connectivity index is 1.48. The van der Waals surface area contributed by atoms with Crippen LogP contribution in [-0.2, 0) is 10.8 Å². The number of halogens is 2. The van der Waals surface area contributed by atoms with Crippen LogP contribution in [0.1, 0.15) is 6.42 Å². The molecule has 4 unspecified atom stereocenters. The highest BCUT2D eigenvalue weighted by atomic mass is 32.2. The van der Waals surface area contributed by atoms with Gasteiger partial charge in [0.25, 0.3) is 0 Å². The van der Waals surface area contributed by atoms with Crippen molar-refractivity contribution in [3.63, 3.8) is 0 Å². The van der Waals surface area contributed by atoms with Crippen LogP contribution in [0.2, 0.25) is 0 Å². The predicted molar refractivity (Wildman–Crippen MR) is 97.6 cm³/mol. The molecule has 2 aliphatic rings. The number of hydrogen-bond acceptors (Lipinski definition) is 3. The van der Waals surface area contributed by atoms with Crippen LogP contribution in [0.3, 0.4) is 0 Å². The van der Waals surface area contributed by atoms with E-state index in [2.05, 4.69) is 5.32 Å². The van der Waals surface area contributed by atoms with Crippen molar-refractivity contribution in [2.45, 2.75) is 11.3 Å². The predicted octanol–water partition coefficient (Wildman–Crippen LogP) is 3.60. The molecule has 2 fully saturated rings. The number of benzene rings is 2. The molecule has 1 aliphatic heterocycles. The Bertz CT molecular complexity index is 805. The van der Waals surface area contributed by atoms with Crippen molar-refractivity contribution in [2.75, 3.05) is 26.0 Å². The molecular weight excluding hydrogens is 356 g/mol. The van der Waals surface area contributed by atoms with Crippen LogP contribution in [0.4, 0.5) is 8.78 Å². The van der Waals surface area contributed by atoms with Gasteiger partial charge in [0.1, 0.15) is 0 Å². The Hall–Kier alpha value is -1.79. The molecule has 4 atom stereocenters. The van der Waals surface area contributed by atoms with Crippen molar-refractivity contribution >= 4 is 10.8 Å². The first-order valence-electron chi connectivity index (χ1n) is 8.81. The van der Waals surface area contributed by atoms with Crippen LogP contribution in [0, 0.1) is 29.4 Å². The topological polar surface area (TPSA) is 38.3 Å². The normalized spacial score (nSPS) is 25.4. The van der Waals surface area contributed by atoms with Crippen LogP contribution in [0.15, 0.2) is 41.3 Å². The minimum absolute atomic E-state index is 0.295. The molecule has 6 heteroatoms. The third-order valence-electron chi connectivity index (χ3n) is 5.48. The standard InChI is InChI=1S/C20H21F2NO2S/c1-26(24)14-4-2-12(3-5-14)13-8-18(21)20(19(22)9-13)25-11-17-15-6-7-23-10-16(15)17/h2-5,8-9,15-17,23H,6-7,10-11H2,1H3. The highest BCUT2D eigenvalue weighted by Gasteiger charge is 2.51. The molecule has 138 valence electrons. The van der Waals surface area contributed by atoms with Gasteiger partial charge in [-0.25, -0.2) is 8.78 Å². The van der Waals surface area contributed by atoms with Gasteiger partial charge in [0.2, 0.25) is 0 Å². The first-order chi connectivity index (χ1) is 12.5. The minimum Gasteiger partial charge on any atom is -0.487 e. The lowest BCUT2D eigenvalue weighted by atomic mass is 10.1. The Kier molecular flexibility index (Phi) is 4.80. The largest absolute Gasteiger partial charge is 0.487 e. The number of ether oxygens (including phenoxy) is 1. The lowest BCUT2D eigenvalue weighted by Crippen LogP contribution is -2.23. The van der Waals surface area contributed by atoms with Crippen LogP contribution in [0.5, 0.6) is 5.75 Å². The van der Waals surface area contributed by atoms with Gasteiger partial charge in [0.05, 0.1) is 6.61 Å². The first kappa shape index (κ1) is 17.6. The van der Waals surface area contributed by atoms with E-state index in [4.69, 9.17) is 4.74 Å². The highest BCUT2D eigenvalue weighted by Crippen LogP contribution is 2.50. The summed E-state index contributed by atoms with van der Waals surface area (Å²) in [5, 5.41) is 3.34. The number of piperidine rings is 1. The smallest absolute Gasteiger partial charge is 0.190 e. The molecule has 4 rings (SSSR count). The van der Waals surface area contributed by atoms with Crippen LogP contribution in [-0.4, -0.2) is 30.2 Å². The van der Waals surface area contributed by atoms with Gasteiger partial charge in [-0.15, -0.1) is 0 Å². The van der Waals surface area contributed by atoms with Crippen molar-refractivity contribution < 1.29 is 17.7 Å². The molecule has 3 nitrogen and oxygen atoms in total. The molecule has 0 amide bonds. The molecule has 0 radical (unpaired) electrons. The average molecular weight is 377 g/mol. The number of rotatable bonds is 5. The average Bonchev–Trinajstić information content (AvgIpc) is 3.34. The molecule has 2 aromatic carbocycles. The second-order valence-electron chi connectivity index (χ2n) is 7.04. The second-order valence-corrected chi connectivity index (χ2v) is 8.42. The lowest BCUT2D eigenvalue weighted by Gasteiger charge is -2.11. The SMILES string of the molecule is CS(=O)c1ccc(-c2cc(F)c(OCC3C4CCNCC43)c(F)c2)cc1. The second kappa shape index (κ2) is 7.08. The zero-order chi connectivity index (χ0) is 18.3. The Morgan fingerprint density at radius 1 is 1.12 bits per heavy atom. The van der Waals surface area contributed by atoms with E-state index in [1.807, 2.05) is 0 Å². The summed E-state index contributed by atoms with van der Waals surface area (Å²) in [6.45, 7) is 2.35. The van der Waals surface area contributed by atoms with E-state index >= 15 is 0 Å². The summed E-state index contributed by atoms with van der Waals surface area (Å²) in [5.74, 6) is -0.0709. The van der Waals surface area contributed by atoms with Gasteiger partial charge in [-0.2, -0.15) is 0 Å². The summed E-state index contributed by atoms with van der Waals surface area (Å²) < 4.78 is 45.8. The molecule has 0 bridgehead atoms. The van der Waals surface area contributed by atoms with E-state index in [9.17, 15) is 13.0 Å². The Labute approximate surface area is 154 Å². The summed E-state index contributed by atoms with van der Waals surface area (Å²) in [6.07, 6.45) is 2.70. The molecule has 2 aromatic rings. The first-order valence-corrected chi connectivity index (χ1v) is 10.4. The Morgan fingerprint density at radius 3 is 2.38 bits per heavy atom. The maximum atomic E-state index is 14.4. The van der Waals surface area contributed by atoms with Gasteiger partial charge in [-0.1, -0.05) is 12.1 Å². The van der Waals surface area contributed by atoms with Crippen LogP contribution in [0.25, 0.3) is 11.1 Å². The molecule has 0 spiro atoms. The molecule has 0 aromatic heterocycles. The van der Waals surface area contributed by atoms with Gasteiger partial charge < -0.3 is 10.1 Å². The fourth-order valence-electron chi connectivity index (χ4n) is 3.92. The summed E-state index contributed by atoms with van der Waals surface area (Å²) >= 11 is 0. The molecule has 1 saturated heterocycles. The fourth-order valence-corrected chi connectivity index (χ4v) is 4.44. The van der Waals surface area contributed by atoms with Gasteiger partial charge in [0, 0.05) is 27.9 Å². The molecular formula is C20H21F2NO2S. The van der Waals surface area contributed by atoms with Gasteiger partial charge >= 0.3 is 0 Å². The van der Waals surface area contributed by atoms with Gasteiger partial charge in [-0.3, -0.25) is 4.21 Å². The summed E-state index contributed by atoms with van der Waals surface area (Å²) in [7, 11) is -1.08. The molecule has 1 N–H and O–H groups in total. The third kappa shape index (κ3) is 3.40. The van der Waals surface area contributed by atoms with Gasteiger partial charge in [0.15, 0.2) is 17.4 Å². The van der Waals surface area contributed by atoms with Crippen molar-refractivity contribution in [1.82, 2.24) is 5.32 Å². The quantitative estimate of drug-likeness (QED) is 0.865. The maximum absolute atomic E-state index is 14.4. The van der Waals surface area contributed by atoms with E-state index < -0.39 is 22.4 Å². The molecule has 1 heterocycles. The van der Waals surface area contributed by atoms with Crippen LogP contribution >= 0.6 is 0 Å². The minimum atomic E-state index is -1.08. The van der Waals surface area contributed by atoms with E-state index in [1.54, 1.807) is 30.5 Å². The summed E-state index contributed by atoms with van der Waals surface area (Å²) in [5.41, 5.74) is 1.10. The monoisotopic (exact) mass is 377 g/mol. The highest BCUT2D eigenvalue weighted by molar-refractivity contribution is 7.84. The summed E-state index contributed by atoms with van der Waals surface area (Å²) in [4.78, 5) is 0.676.